The minimum Gasteiger partial charge on any atom is -0.494 e. The fraction of sp³-hybridized carbons (Fsp3) is 0.625. The normalized spacial score (nSPS) is 18.8. The highest BCUT2D eigenvalue weighted by molar-refractivity contribution is 7.89. The van der Waals surface area contributed by atoms with Crippen LogP contribution in [0.25, 0.3) is 0 Å². The molecule has 1 saturated heterocycles. The maximum atomic E-state index is 12.9. The Labute approximate surface area is 133 Å². The van der Waals surface area contributed by atoms with Gasteiger partial charge in [-0.25, -0.2) is 8.42 Å². The quantitative estimate of drug-likeness (QED) is 0.796. The van der Waals surface area contributed by atoms with Crippen LogP contribution in [-0.4, -0.2) is 45.0 Å². The first-order valence-electron chi connectivity index (χ1n) is 8.05. The second-order valence-corrected chi connectivity index (χ2v) is 7.47. The first-order valence-corrected chi connectivity index (χ1v) is 9.49. The molecule has 22 heavy (non-hydrogen) atoms. The van der Waals surface area contributed by atoms with Gasteiger partial charge in [0.25, 0.3) is 0 Å². The van der Waals surface area contributed by atoms with Crippen molar-refractivity contribution in [2.75, 3.05) is 26.2 Å². The molecule has 124 valence electrons. The van der Waals surface area contributed by atoms with Crippen LogP contribution < -0.4 is 10.1 Å². The fourth-order valence-corrected chi connectivity index (χ4v) is 4.41. The van der Waals surface area contributed by atoms with Gasteiger partial charge in [0.2, 0.25) is 10.0 Å². The Morgan fingerprint density at radius 2 is 1.95 bits per heavy atom. The summed E-state index contributed by atoms with van der Waals surface area (Å²) in [4.78, 5) is 0.344. The molecule has 0 spiro atoms. The maximum absolute atomic E-state index is 12.9. The van der Waals surface area contributed by atoms with E-state index >= 15 is 0 Å². The molecule has 5 nitrogen and oxygen atoms in total. The molecule has 6 heteroatoms. The number of hydrogen-bond donors (Lipinski definition) is 1. The molecule has 0 amide bonds. The molecule has 1 heterocycles. The highest BCUT2D eigenvalue weighted by Gasteiger charge is 2.32. The van der Waals surface area contributed by atoms with Gasteiger partial charge in [-0.1, -0.05) is 13.8 Å². The van der Waals surface area contributed by atoms with Gasteiger partial charge in [0, 0.05) is 19.1 Å². The standard InChI is InChI=1S/C16H26N2O3S/c1-3-11-18(14-9-10-17-13-14)22(19,20)16-7-5-15(6-8-16)21-12-4-2/h5-8,14,17H,3-4,9-13H2,1-2H3. The third-order valence-corrected chi connectivity index (χ3v) is 5.75. The third-order valence-electron chi connectivity index (χ3n) is 3.79. The highest BCUT2D eigenvalue weighted by atomic mass is 32.2. The number of benzene rings is 1. The molecule has 0 saturated carbocycles. The lowest BCUT2D eigenvalue weighted by Gasteiger charge is -2.27. The number of sulfonamides is 1. The molecule has 1 unspecified atom stereocenters. The fourth-order valence-electron chi connectivity index (χ4n) is 2.67. The summed E-state index contributed by atoms with van der Waals surface area (Å²) in [6.07, 6.45) is 2.61. The number of hydrogen-bond acceptors (Lipinski definition) is 4. The van der Waals surface area contributed by atoms with Crippen molar-refractivity contribution in [3.8, 4) is 5.75 Å². The molecular weight excluding hydrogens is 300 g/mol. The van der Waals surface area contributed by atoms with E-state index < -0.39 is 10.0 Å². The zero-order chi connectivity index (χ0) is 16.0. The van der Waals surface area contributed by atoms with Crippen LogP contribution in [-0.2, 0) is 10.0 Å². The molecule has 1 N–H and O–H groups in total. The van der Waals surface area contributed by atoms with E-state index in [1.54, 1.807) is 28.6 Å². The first kappa shape index (κ1) is 17.2. The van der Waals surface area contributed by atoms with Crippen molar-refractivity contribution in [1.29, 1.82) is 0 Å². The summed E-state index contributed by atoms with van der Waals surface area (Å²) in [6.45, 7) is 6.86. The summed E-state index contributed by atoms with van der Waals surface area (Å²) in [6, 6.07) is 6.82. The van der Waals surface area contributed by atoms with E-state index in [-0.39, 0.29) is 6.04 Å². The van der Waals surface area contributed by atoms with Gasteiger partial charge >= 0.3 is 0 Å². The SMILES string of the molecule is CCCOc1ccc(S(=O)(=O)N(CCC)C2CCNC2)cc1. The van der Waals surface area contributed by atoms with Crippen LogP contribution in [0.2, 0.25) is 0 Å². The van der Waals surface area contributed by atoms with Crippen molar-refractivity contribution >= 4 is 10.0 Å². The summed E-state index contributed by atoms with van der Waals surface area (Å²) in [5.74, 6) is 0.713. The van der Waals surface area contributed by atoms with Gasteiger partial charge < -0.3 is 10.1 Å². The Hall–Kier alpha value is -1.11. The molecule has 1 aliphatic rings. The van der Waals surface area contributed by atoms with Crippen LogP contribution >= 0.6 is 0 Å². The van der Waals surface area contributed by atoms with Crippen LogP contribution in [0, 0.1) is 0 Å². The maximum Gasteiger partial charge on any atom is 0.243 e. The highest BCUT2D eigenvalue weighted by Crippen LogP contribution is 2.23. The molecule has 1 aromatic carbocycles. The van der Waals surface area contributed by atoms with Crippen molar-refractivity contribution < 1.29 is 13.2 Å². The van der Waals surface area contributed by atoms with Crippen molar-refractivity contribution in [2.24, 2.45) is 0 Å². The molecule has 2 rings (SSSR count). The Kier molecular flexibility index (Phi) is 6.23. The molecule has 1 atom stereocenters. The second-order valence-electron chi connectivity index (χ2n) is 5.58. The topological polar surface area (TPSA) is 58.6 Å². The van der Waals surface area contributed by atoms with Crippen molar-refractivity contribution in [2.45, 2.75) is 44.0 Å². The smallest absolute Gasteiger partial charge is 0.243 e. The van der Waals surface area contributed by atoms with Gasteiger partial charge in [-0.2, -0.15) is 4.31 Å². The van der Waals surface area contributed by atoms with E-state index in [0.29, 0.717) is 23.8 Å². The molecule has 1 aromatic rings. The van der Waals surface area contributed by atoms with E-state index in [4.69, 9.17) is 4.74 Å². The summed E-state index contributed by atoms with van der Waals surface area (Å²) in [5, 5.41) is 3.24. The lowest BCUT2D eigenvalue weighted by molar-refractivity contribution is 0.317. The van der Waals surface area contributed by atoms with Crippen molar-refractivity contribution in [3.63, 3.8) is 0 Å². The van der Waals surface area contributed by atoms with Crippen molar-refractivity contribution in [1.82, 2.24) is 9.62 Å². The monoisotopic (exact) mass is 326 g/mol. The largest absolute Gasteiger partial charge is 0.494 e. The molecule has 0 bridgehead atoms. The van der Waals surface area contributed by atoms with Gasteiger partial charge in [-0.3, -0.25) is 0 Å². The Morgan fingerprint density at radius 3 is 2.50 bits per heavy atom. The molecule has 0 radical (unpaired) electrons. The average Bonchev–Trinajstić information content (AvgIpc) is 3.04. The number of nitrogens with zero attached hydrogens (tertiary/aromatic N) is 1. The van der Waals surface area contributed by atoms with Gasteiger partial charge in [-0.05, 0) is 50.1 Å². The van der Waals surface area contributed by atoms with Crippen LogP contribution in [0.3, 0.4) is 0 Å². The van der Waals surface area contributed by atoms with Crippen molar-refractivity contribution in [3.05, 3.63) is 24.3 Å². The predicted octanol–water partition coefficient (Wildman–Crippen LogP) is 2.24. The summed E-state index contributed by atoms with van der Waals surface area (Å²) in [7, 11) is -3.45. The van der Waals surface area contributed by atoms with Gasteiger partial charge in [0.1, 0.15) is 5.75 Å². The van der Waals surface area contributed by atoms with E-state index in [0.717, 1.165) is 32.4 Å². The average molecular weight is 326 g/mol. The van der Waals surface area contributed by atoms with Crippen LogP contribution in [0.4, 0.5) is 0 Å². The Bertz CT molecular complexity index is 551. The van der Waals surface area contributed by atoms with Gasteiger partial charge in [0.05, 0.1) is 11.5 Å². The summed E-state index contributed by atoms with van der Waals surface area (Å²) < 4.78 is 32.9. The van der Waals surface area contributed by atoms with Crippen LogP contribution in [0.5, 0.6) is 5.75 Å². The van der Waals surface area contributed by atoms with Crippen LogP contribution in [0.15, 0.2) is 29.2 Å². The second kappa shape index (κ2) is 7.94. The minimum absolute atomic E-state index is 0.0565. The van der Waals surface area contributed by atoms with E-state index in [2.05, 4.69) is 5.32 Å². The zero-order valence-corrected chi connectivity index (χ0v) is 14.2. The molecule has 0 aliphatic carbocycles. The first-order chi connectivity index (χ1) is 10.6. The van der Waals surface area contributed by atoms with Crippen LogP contribution in [0.1, 0.15) is 33.1 Å². The lowest BCUT2D eigenvalue weighted by Crippen LogP contribution is -2.41. The zero-order valence-electron chi connectivity index (χ0n) is 13.4. The number of rotatable bonds is 8. The Morgan fingerprint density at radius 1 is 1.23 bits per heavy atom. The lowest BCUT2D eigenvalue weighted by atomic mass is 10.2. The summed E-state index contributed by atoms with van der Waals surface area (Å²) in [5.41, 5.74) is 0. The molecule has 1 fully saturated rings. The van der Waals surface area contributed by atoms with E-state index in [1.165, 1.54) is 0 Å². The number of nitrogens with one attached hydrogen (secondary N) is 1. The predicted molar refractivity (Wildman–Crippen MR) is 87.7 cm³/mol. The third kappa shape index (κ3) is 4.00. The van der Waals surface area contributed by atoms with Gasteiger partial charge in [-0.15, -0.1) is 0 Å². The molecular formula is C16H26N2O3S. The summed E-state index contributed by atoms with van der Waals surface area (Å²) >= 11 is 0. The van der Waals surface area contributed by atoms with E-state index in [1.807, 2.05) is 13.8 Å². The van der Waals surface area contributed by atoms with E-state index in [9.17, 15) is 8.42 Å². The molecule has 1 aliphatic heterocycles. The minimum atomic E-state index is -3.45. The Balaban J connectivity index is 2.19. The number of ether oxygens (including phenoxy) is 1. The molecule has 0 aromatic heterocycles. The van der Waals surface area contributed by atoms with Gasteiger partial charge in [0.15, 0.2) is 0 Å².